The van der Waals surface area contributed by atoms with Crippen molar-refractivity contribution in [3.05, 3.63) is 70.0 Å². The number of rotatable bonds is 6. The van der Waals surface area contributed by atoms with Crippen molar-refractivity contribution in [3.63, 3.8) is 0 Å². The van der Waals surface area contributed by atoms with E-state index in [9.17, 15) is 9.59 Å². The summed E-state index contributed by atoms with van der Waals surface area (Å²) in [5.74, 6) is -0.350. The van der Waals surface area contributed by atoms with Gasteiger partial charge in [-0.15, -0.1) is 16.4 Å². The Bertz CT molecular complexity index is 1330. The number of aromatic nitrogens is 3. The first kappa shape index (κ1) is 21.1. The molecule has 5 rings (SSSR count). The number of fused-ring (bicyclic) bond motifs is 1. The Kier molecular flexibility index (Phi) is 5.53. The molecule has 0 saturated carbocycles. The van der Waals surface area contributed by atoms with Gasteiger partial charge in [0.25, 0.3) is 11.8 Å². The molecule has 0 aliphatic carbocycles. The molecule has 1 atom stereocenters. The number of nitrogens with two attached hydrogens (primary N) is 1. The Morgan fingerprint density at radius 2 is 1.97 bits per heavy atom. The van der Waals surface area contributed by atoms with E-state index in [-0.39, 0.29) is 29.8 Å². The van der Waals surface area contributed by atoms with Crippen LogP contribution >= 0.6 is 11.3 Å². The van der Waals surface area contributed by atoms with Crippen LogP contribution in [0.25, 0.3) is 16.8 Å². The fraction of sp³-hybridized carbons (Fsp3) is 0.217. The van der Waals surface area contributed by atoms with Crippen LogP contribution in [0.4, 0.5) is 5.95 Å². The summed E-state index contributed by atoms with van der Waals surface area (Å²) < 4.78 is 6.62. The predicted molar refractivity (Wildman–Crippen MR) is 125 cm³/mol. The summed E-state index contributed by atoms with van der Waals surface area (Å²) in [5.41, 5.74) is 9.08. The fourth-order valence-electron chi connectivity index (χ4n) is 3.61. The zero-order chi connectivity index (χ0) is 22.9. The van der Waals surface area contributed by atoms with Crippen molar-refractivity contribution in [1.29, 1.82) is 0 Å². The summed E-state index contributed by atoms with van der Waals surface area (Å²) in [4.78, 5) is 30.4. The van der Waals surface area contributed by atoms with Gasteiger partial charge in [-0.2, -0.15) is 4.98 Å². The molecule has 0 radical (unpaired) electrons. The molecule has 10 heteroatoms. The van der Waals surface area contributed by atoms with Gasteiger partial charge in [0, 0.05) is 11.8 Å². The Morgan fingerprint density at radius 1 is 1.18 bits per heavy atom. The molecule has 4 heterocycles. The van der Waals surface area contributed by atoms with Crippen LogP contribution in [0.5, 0.6) is 0 Å². The molecule has 168 valence electrons. The number of nitrogen functional groups attached to an aromatic ring is 1. The van der Waals surface area contributed by atoms with Crippen LogP contribution in [0.3, 0.4) is 0 Å². The van der Waals surface area contributed by atoms with Crippen molar-refractivity contribution in [2.75, 3.05) is 18.9 Å². The molecule has 1 fully saturated rings. The van der Waals surface area contributed by atoms with Crippen molar-refractivity contribution in [2.45, 2.75) is 19.0 Å². The van der Waals surface area contributed by atoms with E-state index in [1.165, 1.54) is 15.9 Å². The van der Waals surface area contributed by atoms with Gasteiger partial charge in [0.15, 0.2) is 5.65 Å². The van der Waals surface area contributed by atoms with Crippen LogP contribution in [0.15, 0.2) is 54.0 Å². The smallest absolute Gasteiger partial charge is 0.261 e. The molecule has 2 amide bonds. The molecule has 9 nitrogen and oxygen atoms in total. The van der Waals surface area contributed by atoms with E-state index in [4.69, 9.17) is 10.5 Å². The molecule has 3 aromatic heterocycles. The monoisotopic (exact) mass is 462 g/mol. The van der Waals surface area contributed by atoms with Gasteiger partial charge in [-0.05, 0) is 35.6 Å². The van der Waals surface area contributed by atoms with Crippen molar-refractivity contribution >= 4 is 34.7 Å². The number of pyridine rings is 1. The van der Waals surface area contributed by atoms with E-state index in [1.807, 2.05) is 42.6 Å². The van der Waals surface area contributed by atoms with E-state index in [2.05, 4.69) is 20.7 Å². The normalized spacial score (nSPS) is 14.6. The van der Waals surface area contributed by atoms with Gasteiger partial charge in [0.1, 0.15) is 0 Å². The van der Waals surface area contributed by atoms with Crippen molar-refractivity contribution in [2.24, 2.45) is 0 Å². The van der Waals surface area contributed by atoms with Gasteiger partial charge in [-0.25, -0.2) is 4.52 Å². The van der Waals surface area contributed by atoms with Gasteiger partial charge in [0.2, 0.25) is 5.95 Å². The maximum Gasteiger partial charge on any atom is 0.261 e. The van der Waals surface area contributed by atoms with Gasteiger partial charge in [-0.3, -0.25) is 9.59 Å². The highest BCUT2D eigenvalue weighted by Crippen LogP contribution is 2.28. The molecule has 33 heavy (non-hydrogen) atoms. The highest BCUT2D eigenvalue weighted by Gasteiger charge is 2.24. The molecule has 4 aromatic rings. The van der Waals surface area contributed by atoms with Crippen molar-refractivity contribution in [3.8, 4) is 11.1 Å². The molecule has 0 bridgehead atoms. The molecule has 4 N–H and O–H groups in total. The highest BCUT2D eigenvalue weighted by molar-refractivity contribution is 7.12. The third-order valence-corrected chi connectivity index (χ3v) is 6.40. The van der Waals surface area contributed by atoms with E-state index in [1.54, 1.807) is 18.3 Å². The van der Waals surface area contributed by atoms with E-state index >= 15 is 0 Å². The quantitative estimate of drug-likeness (QED) is 0.405. The summed E-state index contributed by atoms with van der Waals surface area (Å²) in [6, 6.07) is 13.2. The number of anilines is 1. The Balaban J connectivity index is 1.41. The summed E-state index contributed by atoms with van der Waals surface area (Å²) in [6.45, 7) is 2.92. The second-order valence-corrected chi connectivity index (χ2v) is 8.81. The molecule has 0 spiro atoms. The largest absolute Gasteiger partial charge is 0.377 e. The van der Waals surface area contributed by atoms with Crippen LogP contribution in [-0.4, -0.2) is 45.7 Å². The fourth-order valence-corrected chi connectivity index (χ4v) is 4.43. The first-order chi connectivity index (χ1) is 16.0. The lowest BCUT2D eigenvalue weighted by Crippen LogP contribution is -2.48. The minimum Gasteiger partial charge on any atom is -0.377 e. The van der Waals surface area contributed by atoms with Gasteiger partial charge < -0.3 is 21.1 Å². The Hall–Kier alpha value is -3.76. The van der Waals surface area contributed by atoms with Crippen LogP contribution in [-0.2, 0) is 4.74 Å². The van der Waals surface area contributed by atoms with E-state index in [0.29, 0.717) is 29.3 Å². The van der Waals surface area contributed by atoms with Gasteiger partial charge in [-0.1, -0.05) is 30.3 Å². The Morgan fingerprint density at radius 3 is 2.70 bits per heavy atom. The van der Waals surface area contributed by atoms with Crippen LogP contribution in [0.2, 0.25) is 0 Å². The summed E-state index contributed by atoms with van der Waals surface area (Å²) in [6.07, 6.45) is 1.75. The van der Waals surface area contributed by atoms with Crippen LogP contribution < -0.4 is 16.4 Å². The average molecular weight is 463 g/mol. The minimum atomic E-state index is -0.271. The SMILES string of the molecule is C[C@H](NC(=O)c1cc(-c2cc(C(=O)NC3COC3)c3nc(N)nn3c2)cs1)c1ccccc1. The lowest BCUT2D eigenvalue weighted by Gasteiger charge is -2.26. The zero-order valence-electron chi connectivity index (χ0n) is 17.8. The van der Waals surface area contributed by atoms with E-state index < -0.39 is 0 Å². The molecular weight excluding hydrogens is 440 g/mol. The molecular formula is C23H22N6O3S. The van der Waals surface area contributed by atoms with Crippen molar-refractivity contribution < 1.29 is 14.3 Å². The molecule has 1 aliphatic heterocycles. The third kappa shape index (κ3) is 4.30. The summed E-state index contributed by atoms with van der Waals surface area (Å²) in [5, 5.41) is 12.0. The summed E-state index contributed by atoms with van der Waals surface area (Å²) in [7, 11) is 0. The van der Waals surface area contributed by atoms with Crippen LogP contribution in [0, 0.1) is 0 Å². The maximum atomic E-state index is 12.9. The zero-order valence-corrected chi connectivity index (χ0v) is 18.6. The van der Waals surface area contributed by atoms with E-state index in [0.717, 1.165) is 16.7 Å². The molecule has 1 saturated heterocycles. The predicted octanol–water partition coefficient (Wildman–Crippen LogP) is 2.66. The number of thiophene rings is 1. The number of hydrogen-bond donors (Lipinski definition) is 3. The highest BCUT2D eigenvalue weighted by atomic mass is 32.1. The number of nitrogens with one attached hydrogen (secondary N) is 2. The summed E-state index contributed by atoms with van der Waals surface area (Å²) >= 11 is 1.34. The number of carbonyl (C=O) groups is 2. The second-order valence-electron chi connectivity index (χ2n) is 7.89. The lowest BCUT2D eigenvalue weighted by atomic mass is 10.1. The lowest BCUT2D eigenvalue weighted by molar-refractivity contribution is -0.00344. The standard InChI is InChI=1S/C23H22N6O3S/c1-13(14-5-3-2-4-6-14)25-22(31)19-8-16(12-33-19)15-7-18(21(30)26-17-10-32-11-17)20-27-23(24)28-29(20)9-15/h2-9,12-13,17H,10-11H2,1H3,(H2,24,28)(H,25,31)(H,26,30)/t13-/m0/s1. The second kappa shape index (κ2) is 8.64. The number of amides is 2. The molecule has 1 aromatic carbocycles. The van der Waals surface area contributed by atoms with Crippen LogP contribution in [0.1, 0.15) is 38.6 Å². The molecule has 0 unspecified atom stereocenters. The van der Waals surface area contributed by atoms with Gasteiger partial charge in [0.05, 0.1) is 35.7 Å². The Labute approximate surface area is 193 Å². The number of hydrogen-bond acceptors (Lipinski definition) is 7. The third-order valence-electron chi connectivity index (χ3n) is 5.47. The average Bonchev–Trinajstić information content (AvgIpc) is 3.42. The number of carbonyl (C=O) groups excluding carboxylic acids is 2. The number of ether oxygens (including phenoxy) is 1. The van der Waals surface area contributed by atoms with Crippen molar-refractivity contribution in [1.82, 2.24) is 25.2 Å². The first-order valence-electron chi connectivity index (χ1n) is 10.5. The minimum absolute atomic E-state index is 0.0236. The first-order valence-corrected chi connectivity index (χ1v) is 11.3. The number of benzene rings is 1. The molecule has 1 aliphatic rings. The number of nitrogens with zero attached hydrogens (tertiary/aromatic N) is 3. The van der Waals surface area contributed by atoms with Gasteiger partial charge >= 0.3 is 0 Å². The topological polar surface area (TPSA) is 124 Å². The maximum absolute atomic E-state index is 12.9.